The van der Waals surface area contributed by atoms with Crippen LogP contribution in [0.15, 0.2) is 66.7 Å². The second kappa shape index (κ2) is 21.0. The summed E-state index contributed by atoms with van der Waals surface area (Å²) >= 11 is 0. The molecule has 1 atom stereocenters. The predicted octanol–water partition coefficient (Wildman–Crippen LogP) is 10.5. The second-order valence-corrected chi connectivity index (χ2v) is 13.2. The number of carbonyl (C=O) groups excluding carboxylic acids is 2. The van der Waals surface area contributed by atoms with E-state index in [1.165, 1.54) is 102 Å². The molecule has 0 aliphatic carbocycles. The van der Waals surface area contributed by atoms with Gasteiger partial charge in [0.2, 0.25) is 0 Å². The number of ketones is 1. The summed E-state index contributed by atoms with van der Waals surface area (Å²) in [6, 6.07) is 18.4. The third-order valence-electron chi connectivity index (χ3n) is 9.14. The number of ether oxygens (including phenoxy) is 2. The molecule has 0 saturated heterocycles. The number of aromatic nitrogens is 3. The molecule has 4 rings (SSSR count). The molecule has 264 valence electrons. The SMILES string of the molecule is CCCCCCCCCCCCCCCCCCOc1ccc(C(=O)C(C(=O)Nc2ccccc2OC)n2nnc3ccc(C)cc32)cc1. The molecule has 1 heterocycles. The van der Waals surface area contributed by atoms with Crippen molar-refractivity contribution in [1.29, 1.82) is 0 Å². The quantitative estimate of drug-likeness (QED) is 0.0453. The zero-order chi connectivity index (χ0) is 34.7. The van der Waals surface area contributed by atoms with Gasteiger partial charge in [-0.2, -0.15) is 0 Å². The summed E-state index contributed by atoms with van der Waals surface area (Å²) in [6.07, 6.45) is 21.3. The van der Waals surface area contributed by atoms with E-state index in [2.05, 4.69) is 22.6 Å². The molecular weight excluding hydrogens is 612 g/mol. The number of nitrogens with zero attached hydrogens (tertiary/aromatic N) is 3. The summed E-state index contributed by atoms with van der Waals surface area (Å²) in [5, 5.41) is 11.3. The van der Waals surface area contributed by atoms with E-state index in [-0.39, 0.29) is 0 Å². The largest absolute Gasteiger partial charge is 0.495 e. The first kappa shape index (κ1) is 37.6. The van der Waals surface area contributed by atoms with E-state index in [4.69, 9.17) is 9.47 Å². The van der Waals surface area contributed by atoms with Crippen molar-refractivity contribution in [1.82, 2.24) is 15.0 Å². The molecule has 0 bridgehead atoms. The van der Waals surface area contributed by atoms with Crippen molar-refractivity contribution in [3.8, 4) is 11.5 Å². The molecule has 0 aliphatic rings. The maximum atomic E-state index is 14.0. The van der Waals surface area contributed by atoms with Gasteiger partial charge in [-0.15, -0.1) is 5.10 Å². The smallest absolute Gasteiger partial charge is 0.257 e. The predicted molar refractivity (Wildman–Crippen MR) is 199 cm³/mol. The van der Waals surface area contributed by atoms with Crippen LogP contribution in [-0.4, -0.2) is 40.4 Å². The highest BCUT2D eigenvalue weighted by molar-refractivity contribution is 6.16. The van der Waals surface area contributed by atoms with Crippen LogP contribution >= 0.6 is 0 Å². The highest BCUT2D eigenvalue weighted by Crippen LogP contribution is 2.27. The zero-order valence-corrected chi connectivity index (χ0v) is 29.9. The topological polar surface area (TPSA) is 95.3 Å². The Kier molecular flexibility index (Phi) is 16.1. The number of hydrogen-bond acceptors (Lipinski definition) is 6. The normalized spacial score (nSPS) is 11.8. The number of nitrogens with one attached hydrogen (secondary N) is 1. The maximum Gasteiger partial charge on any atom is 0.257 e. The number of amides is 1. The van der Waals surface area contributed by atoms with Gasteiger partial charge in [0, 0.05) is 5.56 Å². The van der Waals surface area contributed by atoms with Crippen LogP contribution in [-0.2, 0) is 4.79 Å². The zero-order valence-electron chi connectivity index (χ0n) is 29.9. The summed E-state index contributed by atoms with van der Waals surface area (Å²) in [6.45, 7) is 4.86. The third-order valence-corrected chi connectivity index (χ3v) is 9.14. The lowest BCUT2D eigenvalue weighted by atomic mass is 10.0. The number of unbranched alkanes of at least 4 members (excludes halogenated alkanes) is 15. The number of hydrogen-bond donors (Lipinski definition) is 1. The first-order valence-electron chi connectivity index (χ1n) is 18.5. The van der Waals surface area contributed by atoms with Crippen molar-refractivity contribution in [2.75, 3.05) is 19.0 Å². The molecule has 4 aromatic rings. The number of carbonyl (C=O) groups is 2. The number of fused-ring (bicyclic) bond motifs is 1. The molecular formula is C41H56N4O4. The summed E-state index contributed by atoms with van der Waals surface area (Å²) in [7, 11) is 1.53. The number of benzene rings is 3. The fourth-order valence-electron chi connectivity index (χ4n) is 6.24. The summed E-state index contributed by atoms with van der Waals surface area (Å²) in [4.78, 5) is 27.7. The van der Waals surface area contributed by atoms with Gasteiger partial charge >= 0.3 is 0 Å². The third kappa shape index (κ3) is 12.0. The lowest BCUT2D eigenvalue weighted by Gasteiger charge is -2.18. The number of methoxy groups -OCH3 is 1. The van der Waals surface area contributed by atoms with Gasteiger partial charge in [-0.1, -0.05) is 127 Å². The molecule has 0 spiro atoms. The molecule has 1 aromatic heterocycles. The molecule has 0 radical (unpaired) electrons. The molecule has 0 fully saturated rings. The fraction of sp³-hybridized carbons (Fsp3) is 0.512. The van der Waals surface area contributed by atoms with Crippen LogP contribution in [0.4, 0.5) is 5.69 Å². The highest BCUT2D eigenvalue weighted by atomic mass is 16.5. The Hall–Kier alpha value is -4.20. The second-order valence-electron chi connectivity index (χ2n) is 13.2. The van der Waals surface area contributed by atoms with Gasteiger partial charge in [0.15, 0.2) is 11.8 Å². The van der Waals surface area contributed by atoms with Crippen LogP contribution in [0.2, 0.25) is 0 Å². The average molecular weight is 669 g/mol. The minimum Gasteiger partial charge on any atom is -0.495 e. The Bertz CT molecular complexity index is 1570. The molecule has 1 unspecified atom stereocenters. The van der Waals surface area contributed by atoms with Crippen LogP contribution in [0.3, 0.4) is 0 Å². The van der Waals surface area contributed by atoms with Gasteiger partial charge in [0.1, 0.15) is 17.0 Å². The number of Topliss-reactive ketones (excluding diaryl/α,β-unsaturated/α-hetero) is 1. The molecule has 0 saturated carbocycles. The first-order valence-corrected chi connectivity index (χ1v) is 18.5. The van der Waals surface area contributed by atoms with Gasteiger partial charge in [-0.3, -0.25) is 9.59 Å². The standard InChI is InChI=1S/C41H56N4O4/c1-4-5-6-7-8-9-10-11-12-13-14-15-16-17-18-21-30-49-34-27-25-33(26-28-34)40(46)39(41(47)42-36-22-19-20-23-38(36)48-3)45-37-31-32(2)24-29-35(37)43-44-45/h19-20,22-29,31,39H,4-18,21,30H2,1-3H3,(H,42,47). The van der Waals surface area contributed by atoms with E-state index < -0.39 is 17.7 Å². The van der Waals surface area contributed by atoms with Gasteiger partial charge in [0.05, 0.1) is 24.9 Å². The van der Waals surface area contributed by atoms with Gasteiger partial charge in [-0.25, -0.2) is 4.68 Å². The Morgan fingerprint density at radius 2 is 1.35 bits per heavy atom. The van der Waals surface area contributed by atoms with Crippen molar-refractivity contribution >= 4 is 28.4 Å². The molecule has 49 heavy (non-hydrogen) atoms. The highest BCUT2D eigenvalue weighted by Gasteiger charge is 2.32. The van der Waals surface area contributed by atoms with Crippen molar-refractivity contribution < 1.29 is 19.1 Å². The van der Waals surface area contributed by atoms with Crippen LogP contribution in [0, 0.1) is 6.92 Å². The lowest BCUT2D eigenvalue weighted by molar-refractivity contribution is -0.118. The van der Waals surface area contributed by atoms with Gasteiger partial charge in [-0.05, 0) is 67.4 Å². The Morgan fingerprint density at radius 3 is 1.96 bits per heavy atom. The van der Waals surface area contributed by atoms with Crippen LogP contribution < -0.4 is 14.8 Å². The molecule has 8 nitrogen and oxygen atoms in total. The number of rotatable bonds is 24. The molecule has 1 N–H and O–H groups in total. The Morgan fingerprint density at radius 1 is 0.755 bits per heavy atom. The van der Waals surface area contributed by atoms with E-state index in [1.807, 2.05) is 31.2 Å². The van der Waals surface area contributed by atoms with Crippen LogP contribution in [0.25, 0.3) is 11.0 Å². The fourth-order valence-corrected chi connectivity index (χ4v) is 6.24. The Labute approximate surface area is 293 Å². The maximum absolute atomic E-state index is 14.0. The van der Waals surface area contributed by atoms with Crippen molar-refractivity contribution in [3.05, 3.63) is 77.9 Å². The monoisotopic (exact) mass is 668 g/mol. The summed E-state index contributed by atoms with van der Waals surface area (Å²) in [5.41, 5.74) is 3.02. The van der Waals surface area contributed by atoms with Crippen LogP contribution in [0.1, 0.15) is 132 Å². The van der Waals surface area contributed by atoms with Crippen molar-refractivity contribution in [2.24, 2.45) is 0 Å². The average Bonchev–Trinajstić information content (AvgIpc) is 3.52. The summed E-state index contributed by atoms with van der Waals surface area (Å²) < 4.78 is 12.8. The molecule has 3 aromatic carbocycles. The Balaban J connectivity index is 1.21. The molecule has 1 amide bonds. The number of anilines is 1. The van der Waals surface area contributed by atoms with E-state index >= 15 is 0 Å². The van der Waals surface area contributed by atoms with E-state index in [0.29, 0.717) is 40.4 Å². The summed E-state index contributed by atoms with van der Waals surface area (Å²) in [5.74, 6) is 0.262. The van der Waals surface area contributed by atoms with Crippen molar-refractivity contribution in [2.45, 2.75) is 123 Å². The number of para-hydroxylation sites is 2. The van der Waals surface area contributed by atoms with E-state index in [1.54, 1.807) is 42.5 Å². The minimum absolute atomic E-state index is 0.381. The lowest BCUT2D eigenvalue weighted by Crippen LogP contribution is -2.33. The van der Waals surface area contributed by atoms with Crippen molar-refractivity contribution in [3.63, 3.8) is 0 Å². The van der Waals surface area contributed by atoms with E-state index in [9.17, 15) is 9.59 Å². The minimum atomic E-state index is -1.28. The first-order chi connectivity index (χ1) is 24.0. The molecule has 0 aliphatic heterocycles. The van der Waals surface area contributed by atoms with Gasteiger partial charge < -0.3 is 14.8 Å². The van der Waals surface area contributed by atoms with Crippen LogP contribution in [0.5, 0.6) is 11.5 Å². The molecule has 8 heteroatoms. The van der Waals surface area contributed by atoms with Gasteiger partial charge in [0.25, 0.3) is 5.91 Å². The number of aryl methyl sites for hydroxylation is 1. The van der Waals surface area contributed by atoms with E-state index in [0.717, 1.165) is 18.4 Å².